The van der Waals surface area contributed by atoms with Gasteiger partial charge in [0, 0.05) is 16.6 Å². The molecule has 0 fully saturated rings. The number of hydrogen-bond donors (Lipinski definition) is 1. The van der Waals surface area contributed by atoms with E-state index >= 15 is 0 Å². The molecule has 1 aromatic heterocycles. The minimum atomic E-state index is 0.809. The van der Waals surface area contributed by atoms with E-state index in [0.29, 0.717) is 0 Å². The fraction of sp³-hybridized carbons (Fsp3) is 0.167. The summed E-state index contributed by atoms with van der Waals surface area (Å²) in [5.74, 6) is 0.809. The number of halogens is 1. The van der Waals surface area contributed by atoms with Gasteiger partial charge in [-0.05, 0) is 25.1 Å². The average molecular weight is 265 g/mol. The van der Waals surface area contributed by atoms with Gasteiger partial charge < -0.3 is 10.3 Å². The summed E-state index contributed by atoms with van der Waals surface area (Å²) in [7, 11) is 0. The van der Waals surface area contributed by atoms with E-state index in [1.54, 1.807) is 0 Å². The zero-order valence-electron chi connectivity index (χ0n) is 8.57. The summed E-state index contributed by atoms with van der Waals surface area (Å²) in [5, 5.41) is 0. The van der Waals surface area contributed by atoms with E-state index in [-0.39, 0.29) is 0 Å². The van der Waals surface area contributed by atoms with Crippen molar-refractivity contribution in [2.45, 2.75) is 13.5 Å². The number of rotatable bonds is 2. The van der Waals surface area contributed by atoms with Gasteiger partial charge in [-0.1, -0.05) is 34.1 Å². The van der Waals surface area contributed by atoms with Crippen LogP contribution in [0.2, 0.25) is 0 Å². The highest BCUT2D eigenvalue weighted by atomic mass is 79.9. The fourth-order valence-electron chi connectivity index (χ4n) is 1.74. The first kappa shape index (κ1) is 10.3. The molecule has 15 heavy (non-hydrogen) atoms. The molecule has 0 unspecified atom stereocenters. The predicted octanol–water partition coefficient (Wildman–Crippen LogP) is 3.52. The van der Waals surface area contributed by atoms with Crippen molar-refractivity contribution in [3.63, 3.8) is 0 Å². The number of benzene rings is 1. The molecule has 0 aliphatic carbocycles. The molecule has 2 N–H and O–H groups in total. The fourth-order valence-corrected chi connectivity index (χ4v) is 2.23. The minimum absolute atomic E-state index is 0.809. The number of nitrogens with zero attached hydrogens (tertiary/aromatic N) is 1. The zero-order valence-corrected chi connectivity index (χ0v) is 10.2. The van der Waals surface area contributed by atoms with Gasteiger partial charge in [0.1, 0.15) is 5.82 Å². The molecule has 0 atom stereocenters. The van der Waals surface area contributed by atoms with Crippen molar-refractivity contribution in [2.75, 3.05) is 5.73 Å². The molecule has 0 aliphatic rings. The second-order valence-corrected chi connectivity index (χ2v) is 4.22. The summed E-state index contributed by atoms with van der Waals surface area (Å²) in [6.07, 6.45) is 0. The zero-order chi connectivity index (χ0) is 10.8. The Morgan fingerprint density at radius 3 is 2.60 bits per heavy atom. The van der Waals surface area contributed by atoms with Crippen LogP contribution in [0.25, 0.3) is 11.3 Å². The number of hydrogen-bond acceptors (Lipinski definition) is 1. The molecule has 0 bridgehead atoms. The van der Waals surface area contributed by atoms with Crippen LogP contribution in [0.4, 0.5) is 5.82 Å². The van der Waals surface area contributed by atoms with Crippen LogP contribution in [0.3, 0.4) is 0 Å². The molecule has 1 heterocycles. The van der Waals surface area contributed by atoms with Crippen LogP contribution in [-0.4, -0.2) is 4.57 Å². The van der Waals surface area contributed by atoms with Crippen molar-refractivity contribution in [1.29, 1.82) is 0 Å². The normalized spacial score (nSPS) is 10.5. The molecule has 1 aromatic carbocycles. The van der Waals surface area contributed by atoms with E-state index < -0.39 is 0 Å². The summed E-state index contributed by atoms with van der Waals surface area (Å²) in [4.78, 5) is 0. The quantitative estimate of drug-likeness (QED) is 0.884. The van der Waals surface area contributed by atoms with Crippen LogP contribution in [-0.2, 0) is 6.54 Å². The molecule has 78 valence electrons. The van der Waals surface area contributed by atoms with Gasteiger partial charge in [0.15, 0.2) is 0 Å². The van der Waals surface area contributed by atoms with E-state index in [0.717, 1.165) is 22.5 Å². The highest BCUT2D eigenvalue weighted by Gasteiger charge is 2.08. The molecule has 0 spiro atoms. The van der Waals surface area contributed by atoms with Gasteiger partial charge in [-0.2, -0.15) is 0 Å². The van der Waals surface area contributed by atoms with Gasteiger partial charge in [0.25, 0.3) is 0 Å². The molecular formula is C12H13BrN2. The SMILES string of the molecule is CCn1c(N)ccc1-c1ccccc1Br. The third kappa shape index (κ3) is 1.79. The molecular weight excluding hydrogens is 252 g/mol. The van der Waals surface area contributed by atoms with Crippen molar-refractivity contribution in [3.8, 4) is 11.3 Å². The molecule has 2 nitrogen and oxygen atoms in total. The standard InChI is InChI=1S/C12H13BrN2/c1-2-15-11(7-8-12(15)14)9-5-3-4-6-10(9)13/h3-8H,2,14H2,1H3. The van der Waals surface area contributed by atoms with Crippen LogP contribution < -0.4 is 5.73 Å². The maximum absolute atomic E-state index is 5.89. The third-order valence-corrected chi connectivity index (χ3v) is 3.17. The summed E-state index contributed by atoms with van der Waals surface area (Å²) < 4.78 is 3.19. The van der Waals surface area contributed by atoms with E-state index in [2.05, 4.69) is 39.6 Å². The Kier molecular flexibility index (Phi) is 2.82. The van der Waals surface area contributed by atoms with Crippen LogP contribution >= 0.6 is 15.9 Å². The molecule has 2 aromatic rings. The summed E-state index contributed by atoms with van der Waals surface area (Å²) in [6, 6.07) is 12.2. The van der Waals surface area contributed by atoms with Crippen LogP contribution in [0.15, 0.2) is 40.9 Å². The van der Waals surface area contributed by atoms with Crippen molar-refractivity contribution in [3.05, 3.63) is 40.9 Å². The van der Waals surface area contributed by atoms with Gasteiger partial charge in [0.05, 0.1) is 5.69 Å². The molecule has 0 saturated carbocycles. The Morgan fingerprint density at radius 2 is 1.93 bits per heavy atom. The first-order valence-electron chi connectivity index (χ1n) is 4.94. The molecule has 3 heteroatoms. The molecule has 2 rings (SSSR count). The minimum Gasteiger partial charge on any atom is -0.385 e. The lowest BCUT2D eigenvalue weighted by atomic mass is 10.1. The lowest BCUT2D eigenvalue weighted by Crippen LogP contribution is -2.01. The lowest BCUT2D eigenvalue weighted by Gasteiger charge is -2.09. The van der Waals surface area contributed by atoms with Crippen molar-refractivity contribution in [2.24, 2.45) is 0 Å². The molecule has 0 radical (unpaired) electrons. The Balaban J connectivity index is 2.59. The second-order valence-electron chi connectivity index (χ2n) is 3.37. The van der Waals surface area contributed by atoms with Crippen LogP contribution in [0.5, 0.6) is 0 Å². The lowest BCUT2D eigenvalue weighted by molar-refractivity contribution is 0.787. The topological polar surface area (TPSA) is 30.9 Å². The first-order chi connectivity index (χ1) is 7.24. The Bertz CT molecular complexity index is 474. The number of nitrogen functional groups attached to an aromatic ring is 1. The van der Waals surface area contributed by atoms with Crippen molar-refractivity contribution < 1.29 is 0 Å². The van der Waals surface area contributed by atoms with Gasteiger partial charge in [0.2, 0.25) is 0 Å². The highest BCUT2D eigenvalue weighted by molar-refractivity contribution is 9.10. The van der Waals surface area contributed by atoms with Crippen molar-refractivity contribution in [1.82, 2.24) is 4.57 Å². The van der Waals surface area contributed by atoms with E-state index in [1.165, 1.54) is 5.56 Å². The molecule has 0 aliphatic heterocycles. The van der Waals surface area contributed by atoms with Gasteiger partial charge in [-0.3, -0.25) is 0 Å². The second kappa shape index (κ2) is 4.11. The van der Waals surface area contributed by atoms with Crippen molar-refractivity contribution >= 4 is 21.7 Å². The number of anilines is 1. The van der Waals surface area contributed by atoms with Gasteiger partial charge in [-0.15, -0.1) is 0 Å². The largest absolute Gasteiger partial charge is 0.385 e. The Morgan fingerprint density at radius 1 is 1.20 bits per heavy atom. The summed E-state index contributed by atoms with van der Waals surface area (Å²) in [5.41, 5.74) is 8.22. The van der Waals surface area contributed by atoms with Gasteiger partial charge in [-0.25, -0.2) is 0 Å². The Hall–Kier alpha value is -1.22. The highest BCUT2D eigenvalue weighted by Crippen LogP contribution is 2.30. The number of nitrogens with two attached hydrogens (primary N) is 1. The molecule has 0 amide bonds. The maximum Gasteiger partial charge on any atom is 0.103 e. The van der Waals surface area contributed by atoms with E-state index in [9.17, 15) is 0 Å². The average Bonchev–Trinajstić information content (AvgIpc) is 2.60. The van der Waals surface area contributed by atoms with Crippen LogP contribution in [0.1, 0.15) is 6.92 Å². The monoisotopic (exact) mass is 264 g/mol. The predicted molar refractivity (Wildman–Crippen MR) is 67.7 cm³/mol. The van der Waals surface area contributed by atoms with E-state index in [4.69, 9.17) is 5.73 Å². The first-order valence-corrected chi connectivity index (χ1v) is 5.73. The summed E-state index contributed by atoms with van der Waals surface area (Å²) >= 11 is 3.55. The Labute approximate surface area is 97.8 Å². The van der Waals surface area contributed by atoms with Crippen LogP contribution in [0, 0.1) is 0 Å². The number of aromatic nitrogens is 1. The summed E-state index contributed by atoms with van der Waals surface area (Å²) in [6.45, 7) is 2.98. The maximum atomic E-state index is 5.89. The van der Waals surface area contributed by atoms with E-state index in [1.807, 2.05) is 24.3 Å². The smallest absolute Gasteiger partial charge is 0.103 e. The molecule has 0 saturated heterocycles. The third-order valence-electron chi connectivity index (χ3n) is 2.48. The van der Waals surface area contributed by atoms with Gasteiger partial charge >= 0.3 is 0 Å².